The Morgan fingerprint density at radius 2 is 1.97 bits per heavy atom. The number of rotatable bonds is 8. The van der Waals surface area contributed by atoms with Crippen molar-refractivity contribution in [3.05, 3.63) is 41.0 Å². The number of nitrogens with zero attached hydrogens (tertiary/aromatic N) is 3. The van der Waals surface area contributed by atoms with Crippen LogP contribution in [0.2, 0.25) is 5.02 Å². The number of anilines is 1. The number of thiophene rings is 1. The molecule has 2 aliphatic rings. The van der Waals surface area contributed by atoms with Gasteiger partial charge in [-0.3, -0.25) is 0 Å². The third-order valence-electron chi connectivity index (χ3n) is 6.55. The first-order chi connectivity index (χ1) is 15.6. The summed E-state index contributed by atoms with van der Waals surface area (Å²) in [5.74, 6) is 0.452. The topological polar surface area (TPSA) is 78.3 Å². The van der Waals surface area contributed by atoms with Crippen molar-refractivity contribution in [2.45, 2.75) is 44.6 Å². The summed E-state index contributed by atoms with van der Waals surface area (Å²) in [5.41, 5.74) is 0.922. The summed E-state index contributed by atoms with van der Waals surface area (Å²) < 4.78 is 0.900. The lowest BCUT2D eigenvalue weighted by Gasteiger charge is -2.32. The van der Waals surface area contributed by atoms with Crippen molar-refractivity contribution in [3.8, 4) is 10.6 Å². The van der Waals surface area contributed by atoms with Gasteiger partial charge in [0, 0.05) is 22.7 Å². The minimum absolute atomic E-state index is 0. The van der Waals surface area contributed by atoms with Crippen LogP contribution in [0.4, 0.5) is 5.95 Å². The molecule has 1 aliphatic carbocycles. The highest BCUT2D eigenvalue weighted by molar-refractivity contribution is 7.22. The second-order valence-electron chi connectivity index (χ2n) is 8.80. The van der Waals surface area contributed by atoms with Crippen molar-refractivity contribution >= 4 is 69.8 Å². The molecule has 1 saturated heterocycles. The Morgan fingerprint density at radius 1 is 1.21 bits per heavy atom. The van der Waals surface area contributed by atoms with E-state index in [4.69, 9.17) is 11.6 Å². The average Bonchev–Trinajstić information content (AvgIpc) is 3.56. The van der Waals surface area contributed by atoms with E-state index in [9.17, 15) is 9.90 Å². The largest absolute Gasteiger partial charge is 0.478 e. The Kier molecular flexibility index (Phi) is 9.41. The van der Waals surface area contributed by atoms with Crippen LogP contribution in [0.25, 0.3) is 20.7 Å². The van der Waals surface area contributed by atoms with Gasteiger partial charge in [-0.05, 0) is 75.7 Å². The lowest BCUT2D eigenvalue weighted by molar-refractivity contribution is 0.0699. The number of halogens is 3. The van der Waals surface area contributed by atoms with Crippen LogP contribution >= 0.6 is 47.8 Å². The first-order valence-corrected chi connectivity index (χ1v) is 12.5. The van der Waals surface area contributed by atoms with E-state index in [0.717, 1.165) is 34.5 Å². The monoisotopic (exact) mass is 542 g/mol. The number of aromatic carboxylic acids is 1. The molecule has 6 nitrogen and oxygen atoms in total. The van der Waals surface area contributed by atoms with Gasteiger partial charge in [-0.2, -0.15) is 0 Å². The molecule has 5 rings (SSSR count). The van der Waals surface area contributed by atoms with Gasteiger partial charge >= 0.3 is 5.97 Å². The summed E-state index contributed by atoms with van der Waals surface area (Å²) in [7, 11) is 0. The van der Waals surface area contributed by atoms with E-state index in [2.05, 4.69) is 20.2 Å². The zero-order valence-corrected chi connectivity index (χ0v) is 21.9. The number of nitrogens with one attached hydrogen (secondary N) is 1. The number of fused-ring (bicyclic) bond motifs is 1. The molecule has 3 heterocycles. The van der Waals surface area contributed by atoms with Crippen molar-refractivity contribution in [1.82, 2.24) is 14.9 Å². The first-order valence-electron chi connectivity index (χ1n) is 11.3. The van der Waals surface area contributed by atoms with E-state index in [0.29, 0.717) is 22.1 Å². The van der Waals surface area contributed by atoms with E-state index in [1.54, 1.807) is 18.3 Å². The van der Waals surface area contributed by atoms with Gasteiger partial charge in [0.15, 0.2) is 0 Å². The molecular weight excluding hydrogens is 515 g/mol. The van der Waals surface area contributed by atoms with E-state index in [-0.39, 0.29) is 30.4 Å². The lowest BCUT2D eigenvalue weighted by Crippen LogP contribution is -2.35. The fourth-order valence-electron chi connectivity index (χ4n) is 4.63. The summed E-state index contributed by atoms with van der Waals surface area (Å²) in [5, 5.41) is 14.0. The highest BCUT2D eigenvalue weighted by Gasteiger charge is 2.31. The number of piperidine rings is 1. The number of carboxylic acid groups (broad SMARTS) is 1. The molecule has 10 heteroatoms. The van der Waals surface area contributed by atoms with Crippen molar-refractivity contribution in [2.24, 2.45) is 5.92 Å². The highest BCUT2D eigenvalue weighted by atomic mass is 35.5. The van der Waals surface area contributed by atoms with Gasteiger partial charge < -0.3 is 15.3 Å². The van der Waals surface area contributed by atoms with Crippen LogP contribution in [0.3, 0.4) is 0 Å². The molecule has 3 aromatic rings. The average molecular weight is 544 g/mol. The summed E-state index contributed by atoms with van der Waals surface area (Å²) in [6.07, 6.45) is 9.40. The smallest absolute Gasteiger partial charge is 0.336 e. The Labute approximate surface area is 220 Å². The lowest BCUT2D eigenvalue weighted by atomic mass is 9.92. The molecule has 184 valence electrons. The maximum absolute atomic E-state index is 11.5. The summed E-state index contributed by atoms with van der Waals surface area (Å²) >= 11 is 7.88. The van der Waals surface area contributed by atoms with Crippen LogP contribution in [0.15, 0.2) is 30.5 Å². The normalized spacial score (nSPS) is 16.6. The van der Waals surface area contributed by atoms with Gasteiger partial charge in [0.05, 0.1) is 21.7 Å². The van der Waals surface area contributed by atoms with Crippen molar-refractivity contribution in [1.29, 1.82) is 0 Å². The van der Waals surface area contributed by atoms with Gasteiger partial charge in [-0.15, -0.1) is 36.2 Å². The maximum Gasteiger partial charge on any atom is 0.336 e. The molecule has 1 aliphatic heterocycles. The molecule has 1 saturated carbocycles. The maximum atomic E-state index is 11.5. The zero-order valence-electron chi connectivity index (χ0n) is 18.7. The molecule has 2 fully saturated rings. The zero-order chi connectivity index (χ0) is 22.1. The highest BCUT2D eigenvalue weighted by Crippen LogP contribution is 2.37. The predicted molar refractivity (Wildman–Crippen MR) is 144 cm³/mol. The molecule has 2 aromatic heterocycles. The van der Waals surface area contributed by atoms with Crippen LogP contribution in [0.5, 0.6) is 0 Å². The summed E-state index contributed by atoms with van der Waals surface area (Å²) in [6, 6.07) is 8.04. The molecule has 34 heavy (non-hydrogen) atoms. The standard InChI is InChI=1S/C24H27ClN4O2S.2ClH/c25-19-14-27-24(26-10-2-3-15-8-11-29(12-9-15)16-6-7-16)28-22(19)21-13-18-17(23(30)31)4-1-5-20(18)32-21;;/h1,4-5,13-16H,2-3,6-12H2,(H,30,31)(H,26,27,28);2*1H. The van der Waals surface area contributed by atoms with Gasteiger partial charge in [0.2, 0.25) is 5.95 Å². The summed E-state index contributed by atoms with van der Waals surface area (Å²) in [6.45, 7) is 3.37. The minimum atomic E-state index is -0.936. The first kappa shape index (κ1) is 27.0. The molecular formula is C24H29Cl3N4O2S. The number of hydrogen-bond donors (Lipinski definition) is 2. The van der Waals surface area contributed by atoms with Gasteiger partial charge in [-0.25, -0.2) is 14.8 Å². The minimum Gasteiger partial charge on any atom is -0.478 e. The van der Waals surface area contributed by atoms with Gasteiger partial charge in [0.25, 0.3) is 0 Å². The Balaban J connectivity index is 0.00000162. The third-order valence-corrected chi connectivity index (χ3v) is 7.94. The number of carboxylic acids is 1. The Morgan fingerprint density at radius 3 is 2.68 bits per heavy atom. The second kappa shape index (κ2) is 11.9. The van der Waals surface area contributed by atoms with Crippen LogP contribution in [0, 0.1) is 5.92 Å². The Hall–Kier alpha value is -1.64. The van der Waals surface area contributed by atoms with Crippen molar-refractivity contribution in [3.63, 3.8) is 0 Å². The molecule has 1 aromatic carbocycles. The fraction of sp³-hybridized carbons (Fsp3) is 0.458. The molecule has 0 bridgehead atoms. The van der Waals surface area contributed by atoms with Crippen molar-refractivity contribution in [2.75, 3.05) is 25.0 Å². The van der Waals surface area contributed by atoms with E-state index in [1.165, 1.54) is 56.5 Å². The van der Waals surface area contributed by atoms with E-state index < -0.39 is 5.97 Å². The number of benzene rings is 1. The van der Waals surface area contributed by atoms with Crippen LogP contribution in [-0.4, -0.2) is 51.6 Å². The van der Waals surface area contributed by atoms with Crippen molar-refractivity contribution < 1.29 is 9.90 Å². The Bertz CT molecular complexity index is 1130. The number of aromatic nitrogens is 2. The quantitative estimate of drug-likeness (QED) is 0.311. The number of likely N-dealkylation sites (tertiary alicyclic amines) is 1. The van der Waals surface area contributed by atoms with Crippen LogP contribution in [0.1, 0.15) is 48.9 Å². The molecule has 0 radical (unpaired) electrons. The van der Waals surface area contributed by atoms with Gasteiger partial charge in [-0.1, -0.05) is 17.7 Å². The van der Waals surface area contributed by atoms with E-state index >= 15 is 0 Å². The SMILES string of the molecule is Cl.Cl.O=C(O)c1cccc2sc(-c3nc(NCCCC4CCN(C5CC5)CC4)ncc3Cl)cc12. The molecule has 0 unspecified atom stereocenters. The molecule has 0 spiro atoms. The summed E-state index contributed by atoms with van der Waals surface area (Å²) in [4.78, 5) is 24.0. The van der Waals surface area contributed by atoms with Crippen LogP contribution < -0.4 is 5.32 Å². The molecule has 0 amide bonds. The fourth-order valence-corrected chi connectivity index (χ4v) is 5.97. The second-order valence-corrected chi connectivity index (χ2v) is 10.3. The molecule has 2 N–H and O–H groups in total. The number of hydrogen-bond acceptors (Lipinski definition) is 6. The van der Waals surface area contributed by atoms with E-state index in [1.807, 2.05) is 12.1 Å². The third kappa shape index (κ3) is 6.13. The predicted octanol–water partition coefficient (Wildman–Crippen LogP) is 6.62. The van der Waals surface area contributed by atoms with Crippen LogP contribution in [-0.2, 0) is 0 Å². The van der Waals surface area contributed by atoms with Gasteiger partial charge in [0.1, 0.15) is 5.69 Å². The molecule has 0 atom stereocenters. The number of carbonyl (C=O) groups is 1.